The molecule has 474 valence electrons. The second kappa shape index (κ2) is 23.7. The van der Waals surface area contributed by atoms with E-state index in [1.54, 1.807) is 0 Å². The quantitative estimate of drug-likeness (QED) is 0.130. The molecule has 7 nitrogen and oxygen atoms in total. The number of hydrogen-bond acceptors (Lipinski definition) is 3. The summed E-state index contributed by atoms with van der Waals surface area (Å²) in [5.74, 6) is 0.626. The van der Waals surface area contributed by atoms with Crippen LogP contribution < -0.4 is 0 Å². The number of para-hydroxylation sites is 6. The maximum atomic E-state index is 9.70. The van der Waals surface area contributed by atoms with Crippen LogP contribution in [0.2, 0.25) is 0 Å². The summed E-state index contributed by atoms with van der Waals surface area (Å²) in [6.07, 6.45) is 0. The highest BCUT2D eigenvalue weighted by atomic mass is 15.0. The Morgan fingerprint density at radius 1 is 0.196 bits per heavy atom. The van der Waals surface area contributed by atoms with Gasteiger partial charge in [0.25, 0.3) is 0 Å². The summed E-state index contributed by atoms with van der Waals surface area (Å²) in [4.78, 5) is 10.7. The van der Waals surface area contributed by atoms with E-state index in [1.165, 1.54) is 87.4 Å². The Kier molecular flexibility index (Phi) is 13.5. The molecule has 20 rings (SSSR count). The van der Waals surface area contributed by atoms with Crippen LogP contribution in [0.4, 0.5) is 0 Å². The van der Waals surface area contributed by atoms with Crippen LogP contribution in [-0.2, 0) is 0 Å². The number of rotatable bonds is 11. The average Bonchev–Trinajstić information content (AvgIpc) is 1.60. The third kappa shape index (κ3) is 9.65. The summed E-state index contributed by atoms with van der Waals surface area (Å²) in [7, 11) is 0. The van der Waals surface area contributed by atoms with Crippen LogP contribution in [0.5, 0.6) is 0 Å². The minimum atomic E-state index is 0.626. The molecule has 0 aliphatic rings. The maximum absolute atomic E-state index is 9.70. The lowest BCUT2D eigenvalue weighted by Crippen LogP contribution is -1.97. The molecule has 0 radical (unpaired) electrons. The first-order chi connectivity index (χ1) is 50.5. The van der Waals surface area contributed by atoms with E-state index in [4.69, 9.17) is 9.97 Å². The van der Waals surface area contributed by atoms with Gasteiger partial charge in [0.15, 0.2) is 5.82 Å². The molecular weight excluding hydrogens is 1240 g/mol. The number of aromatic nitrogens is 6. The van der Waals surface area contributed by atoms with E-state index in [-0.39, 0.29) is 0 Å². The van der Waals surface area contributed by atoms with Gasteiger partial charge >= 0.3 is 0 Å². The second-order valence-corrected chi connectivity index (χ2v) is 26.4. The minimum Gasteiger partial charge on any atom is -0.309 e. The largest absolute Gasteiger partial charge is 0.309 e. The van der Waals surface area contributed by atoms with Crippen LogP contribution in [-0.4, -0.2) is 28.2 Å². The van der Waals surface area contributed by atoms with Crippen LogP contribution in [0.1, 0.15) is 5.56 Å². The predicted octanol–water partition coefficient (Wildman–Crippen LogP) is 24.4. The fraction of sp³-hybridized carbons (Fsp3) is 0. The van der Waals surface area contributed by atoms with Crippen molar-refractivity contribution in [3.05, 3.63) is 363 Å². The van der Waals surface area contributed by atoms with Crippen molar-refractivity contribution >= 4 is 87.2 Å². The van der Waals surface area contributed by atoms with Crippen molar-refractivity contribution in [1.29, 1.82) is 5.26 Å². The number of nitrogens with zero attached hydrogens (tertiary/aromatic N) is 7. The number of hydrogen-bond donors (Lipinski definition) is 0. The van der Waals surface area contributed by atoms with Gasteiger partial charge in [-0.15, -0.1) is 0 Å². The molecule has 0 unspecified atom stereocenters. The molecule has 5 heterocycles. The summed E-state index contributed by atoms with van der Waals surface area (Å²) in [5.41, 5.74) is 27.8. The molecule has 5 aromatic heterocycles. The Morgan fingerprint density at radius 2 is 0.471 bits per heavy atom. The highest BCUT2D eigenvalue weighted by Crippen LogP contribution is 2.42. The second-order valence-electron chi connectivity index (χ2n) is 26.4. The van der Waals surface area contributed by atoms with Crippen molar-refractivity contribution in [2.45, 2.75) is 0 Å². The average molecular weight is 1300 g/mol. The van der Waals surface area contributed by atoms with Crippen molar-refractivity contribution in [2.24, 2.45) is 0 Å². The van der Waals surface area contributed by atoms with Crippen LogP contribution in [0.3, 0.4) is 0 Å². The maximum Gasteiger partial charge on any atom is 0.160 e. The lowest BCUT2D eigenvalue weighted by molar-refractivity contribution is 1.16. The Hall–Kier alpha value is -13.9. The molecule has 0 bridgehead atoms. The van der Waals surface area contributed by atoms with E-state index in [0.29, 0.717) is 11.4 Å². The minimum absolute atomic E-state index is 0.626. The zero-order valence-corrected chi connectivity index (χ0v) is 55.2. The van der Waals surface area contributed by atoms with Gasteiger partial charge in [-0.2, -0.15) is 5.26 Å². The van der Waals surface area contributed by atoms with E-state index in [0.717, 1.165) is 95.1 Å². The summed E-state index contributed by atoms with van der Waals surface area (Å²) in [6, 6.07) is 131. The van der Waals surface area contributed by atoms with Gasteiger partial charge in [-0.25, -0.2) is 9.97 Å². The molecule has 0 saturated carbocycles. The summed E-state index contributed by atoms with van der Waals surface area (Å²) >= 11 is 0. The van der Waals surface area contributed by atoms with E-state index in [9.17, 15) is 5.26 Å². The van der Waals surface area contributed by atoms with Gasteiger partial charge in [0.05, 0.1) is 67.2 Å². The Labute approximate surface area is 587 Å². The number of benzene rings is 15. The molecule has 0 aliphatic carbocycles. The molecule has 0 atom stereocenters. The fourth-order valence-electron chi connectivity index (χ4n) is 15.7. The SMILES string of the molecule is N#Cc1cccc(-c2ccc(-c3cc(-c4ccc(-c5ccc(-n6c7ccccc7c7cc(-c8ccc9c(c8)c8ccccc8n9-c8ccccc8)ccc76)cc5)cc4)nc(-c4ccc(-n5c6ccccc6c6cc(-c7ccc8c(c7)c7ccccc7n8-c7ccccc7)ccc65)cc4)n3)cc2)c1. The van der Waals surface area contributed by atoms with Gasteiger partial charge in [-0.3, -0.25) is 0 Å². The Bertz CT molecular complexity index is 6770. The van der Waals surface area contributed by atoms with E-state index >= 15 is 0 Å². The standard InChI is InChI=1S/C95H59N7/c96-60-61-16-15-17-68(54-61)64-32-36-66(37-33-64)86-59-85(97-95(98-86)67-40-48-76(49-41-67)102-90-29-14-10-25-80(90)84-58-72(45-53-94(84)102)70-43-51-92-82(56-70)78-23-8-12-27-88(78)100(92)74-20-5-2-6-21-74)65-34-30-62(31-35-65)63-38-46-75(47-39-63)101-89-28-13-9-24-79(89)83-57-71(44-52-93(83)101)69-42-50-91-81(55-69)77-22-7-11-26-87(77)99(91)73-18-3-1-4-19-73/h1-59H. The molecular formula is C95H59N7. The van der Waals surface area contributed by atoms with E-state index in [1.807, 2.05) is 24.3 Å². The molecule has 0 saturated heterocycles. The first kappa shape index (κ1) is 58.2. The van der Waals surface area contributed by atoms with Crippen LogP contribution in [0.25, 0.3) is 188 Å². The van der Waals surface area contributed by atoms with Gasteiger partial charge in [0.1, 0.15) is 0 Å². The van der Waals surface area contributed by atoms with E-state index in [2.05, 4.69) is 358 Å². The first-order valence-corrected chi connectivity index (χ1v) is 34.6. The third-order valence-corrected chi connectivity index (χ3v) is 20.6. The normalized spacial score (nSPS) is 11.7. The summed E-state index contributed by atoms with van der Waals surface area (Å²) in [5, 5.41) is 19.5. The van der Waals surface area contributed by atoms with Crippen LogP contribution in [0, 0.1) is 11.3 Å². The zero-order valence-electron chi connectivity index (χ0n) is 55.2. The molecule has 0 N–H and O–H groups in total. The third-order valence-electron chi connectivity index (χ3n) is 20.6. The van der Waals surface area contributed by atoms with Gasteiger partial charge in [-0.05, 0) is 196 Å². The highest BCUT2D eigenvalue weighted by Gasteiger charge is 2.21. The topological polar surface area (TPSA) is 69.3 Å². The lowest BCUT2D eigenvalue weighted by Gasteiger charge is -2.12. The smallest absolute Gasteiger partial charge is 0.160 e. The number of fused-ring (bicyclic) bond motifs is 12. The molecule has 0 spiro atoms. The monoisotopic (exact) mass is 1300 g/mol. The summed E-state index contributed by atoms with van der Waals surface area (Å²) in [6.45, 7) is 0. The van der Waals surface area contributed by atoms with Crippen molar-refractivity contribution in [1.82, 2.24) is 28.2 Å². The van der Waals surface area contributed by atoms with Crippen molar-refractivity contribution in [3.8, 4) is 107 Å². The van der Waals surface area contributed by atoms with Crippen LogP contribution >= 0.6 is 0 Å². The lowest BCUT2D eigenvalue weighted by atomic mass is 9.99. The van der Waals surface area contributed by atoms with Gasteiger partial charge in [-0.1, -0.05) is 206 Å². The molecule has 0 aliphatic heterocycles. The highest BCUT2D eigenvalue weighted by molar-refractivity contribution is 6.15. The van der Waals surface area contributed by atoms with Crippen molar-refractivity contribution in [3.63, 3.8) is 0 Å². The molecule has 0 amide bonds. The number of nitriles is 1. The van der Waals surface area contributed by atoms with Crippen molar-refractivity contribution < 1.29 is 0 Å². The predicted molar refractivity (Wildman–Crippen MR) is 422 cm³/mol. The van der Waals surface area contributed by atoms with E-state index < -0.39 is 0 Å². The Morgan fingerprint density at radius 3 is 0.833 bits per heavy atom. The molecule has 102 heavy (non-hydrogen) atoms. The summed E-state index contributed by atoms with van der Waals surface area (Å²) < 4.78 is 9.50. The van der Waals surface area contributed by atoms with Gasteiger partial charge in [0.2, 0.25) is 0 Å². The zero-order chi connectivity index (χ0) is 67.4. The molecule has 7 heteroatoms. The molecule has 15 aromatic carbocycles. The molecule has 20 aromatic rings. The molecule has 0 fully saturated rings. The Balaban J connectivity index is 0.621. The first-order valence-electron chi connectivity index (χ1n) is 34.6. The van der Waals surface area contributed by atoms with Crippen molar-refractivity contribution in [2.75, 3.05) is 0 Å². The fourth-order valence-corrected chi connectivity index (χ4v) is 15.7. The van der Waals surface area contributed by atoms with Crippen LogP contribution in [0.15, 0.2) is 358 Å². The van der Waals surface area contributed by atoms with Gasteiger partial charge < -0.3 is 18.3 Å². The van der Waals surface area contributed by atoms with Gasteiger partial charge in [0, 0.05) is 82.5 Å².